The lowest BCUT2D eigenvalue weighted by Crippen LogP contribution is -2.02. The van der Waals surface area contributed by atoms with Gasteiger partial charge >= 0.3 is 0 Å². The average molecular weight is 276 g/mol. The summed E-state index contributed by atoms with van der Waals surface area (Å²) in [6, 6.07) is 0. The van der Waals surface area contributed by atoms with Gasteiger partial charge in [-0.15, -0.1) is 25.3 Å². The van der Waals surface area contributed by atoms with E-state index in [1.54, 1.807) is 0 Å². The molecule has 1 aromatic heterocycles. The van der Waals surface area contributed by atoms with Gasteiger partial charge in [-0.25, -0.2) is 0 Å². The molecule has 0 atom stereocenters. The van der Waals surface area contributed by atoms with Gasteiger partial charge in [-0.2, -0.15) is 0 Å². The molecule has 0 spiro atoms. The zero-order valence-corrected chi connectivity index (χ0v) is 12.5. The summed E-state index contributed by atoms with van der Waals surface area (Å²) in [5.41, 5.74) is 0. The summed E-state index contributed by atoms with van der Waals surface area (Å²) in [5, 5.41) is 1.80. The first-order valence-electron chi connectivity index (χ1n) is 5.84. The molecule has 0 saturated carbocycles. The van der Waals surface area contributed by atoms with E-state index in [1.807, 2.05) is 0 Å². The molecule has 16 heavy (non-hydrogen) atoms. The van der Waals surface area contributed by atoms with Gasteiger partial charge in [-0.05, 0) is 25.1 Å². The predicted molar refractivity (Wildman–Crippen MR) is 77.6 cm³/mol. The maximum absolute atomic E-state index is 5.46. The monoisotopic (exact) mass is 276 g/mol. The van der Waals surface area contributed by atoms with Crippen molar-refractivity contribution < 1.29 is 0 Å². The maximum Gasteiger partial charge on any atom is 0.181 e. The van der Waals surface area contributed by atoms with E-state index in [0.717, 1.165) is 53.6 Å². The highest BCUT2D eigenvalue weighted by Gasteiger charge is 2.11. The van der Waals surface area contributed by atoms with E-state index in [4.69, 9.17) is 12.2 Å². The van der Waals surface area contributed by atoms with Crippen LogP contribution in [0.15, 0.2) is 10.1 Å². The van der Waals surface area contributed by atoms with Crippen LogP contribution in [0.4, 0.5) is 0 Å². The van der Waals surface area contributed by atoms with Crippen molar-refractivity contribution in [1.82, 2.24) is 9.13 Å². The minimum absolute atomic E-state index is 0.858. The van der Waals surface area contributed by atoms with Crippen molar-refractivity contribution in [2.45, 2.75) is 62.7 Å². The Balaban J connectivity index is 2.97. The van der Waals surface area contributed by atoms with Gasteiger partial charge in [-0.1, -0.05) is 26.7 Å². The number of unbranched alkanes of at least 4 members (excludes halogenated alkanes) is 2. The Morgan fingerprint density at radius 3 is 1.62 bits per heavy atom. The summed E-state index contributed by atoms with van der Waals surface area (Å²) in [4.78, 5) is 0. The van der Waals surface area contributed by atoms with Gasteiger partial charge in [-0.3, -0.25) is 0 Å². The number of nitrogens with zero attached hydrogens (tertiary/aromatic N) is 2. The fraction of sp³-hybridized carbons (Fsp3) is 0.727. The third-order valence-corrected chi connectivity index (χ3v) is 4.17. The minimum atomic E-state index is 0.858. The van der Waals surface area contributed by atoms with Gasteiger partial charge in [0.1, 0.15) is 10.1 Å². The van der Waals surface area contributed by atoms with Gasteiger partial charge in [0, 0.05) is 13.1 Å². The van der Waals surface area contributed by atoms with E-state index in [-0.39, 0.29) is 0 Å². The van der Waals surface area contributed by atoms with Gasteiger partial charge < -0.3 is 9.13 Å². The molecule has 0 N–H and O–H groups in total. The Hall–Kier alpha value is 0.130. The van der Waals surface area contributed by atoms with E-state index in [1.165, 1.54) is 0 Å². The van der Waals surface area contributed by atoms with E-state index < -0.39 is 0 Å². The van der Waals surface area contributed by atoms with Crippen LogP contribution in [-0.4, -0.2) is 9.13 Å². The number of thiol groups is 2. The van der Waals surface area contributed by atoms with Crippen LogP contribution in [0.25, 0.3) is 0 Å². The molecule has 0 saturated heterocycles. The molecule has 0 fully saturated rings. The first-order valence-corrected chi connectivity index (χ1v) is 7.15. The lowest BCUT2D eigenvalue weighted by Gasteiger charge is -2.03. The molecule has 0 bridgehead atoms. The van der Waals surface area contributed by atoms with Crippen molar-refractivity contribution in [1.29, 1.82) is 0 Å². The van der Waals surface area contributed by atoms with Crippen LogP contribution in [-0.2, 0) is 13.1 Å². The van der Waals surface area contributed by atoms with Gasteiger partial charge in [0.25, 0.3) is 0 Å². The van der Waals surface area contributed by atoms with Crippen LogP contribution < -0.4 is 0 Å². The highest BCUT2D eigenvalue weighted by Crippen LogP contribution is 2.22. The van der Waals surface area contributed by atoms with E-state index in [2.05, 4.69) is 48.2 Å². The molecule has 0 aliphatic carbocycles. The molecule has 0 aromatic carbocycles. The molecule has 2 nitrogen and oxygen atoms in total. The number of rotatable bonds is 6. The summed E-state index contributed by atoms with van der Waals surface area (Å²) in [6.45, 7) is 6.25. The van der Waals surface area contributed by atoms with E-state index >= 15 is 0 Å². The van der Waals surface area contributed by atoms with Crippen molar-refractivity contribution in [2.75, 3.05) is 0 Å². The normalized spacial score (nSPS) is 11.0. The van der Waals surface area contributed by atoms with Gasteiger partial charge in [0.15, 0.2) is 4.77 Å². The fourth-order valence-corrected chi connectivity index (χ4v) is 2.74. The topological polar surface area (TPSA) is 9.86 Å². The maximum atomic E-state index is 5.46. The standard InChI is InChI=1S/C11H20N2S3/c1-3-5-7-12-9(14)10(15)13(11(12)16)8-6-4-2/h14-15H,3-8H2,1-2H3. The SMILES string of the molecule is CCCCn1c(S)c(S)n(CCCC)c1=S. The van der Waals surface area contributed by atoms with Crippen LogP contribution in [0.3, 0.4) is 0 Å². The Labute approximate surface area is 114 Å². The number of imidazole rings is 1. The van der Waals surface area contributed by atoms with Crippen LogP contribution >= 0.6 is 37.5 Å². The Kier molecular flexibility index (Phi) is 6.00. The molecule has 0 unspecified atom stereocenters. The third kappa shape index (κ3) is 3.08. The van der Waals surface area contributed by atoms with Gasteiger partial charge in [0.2, 0.25) is 0 Å². The van der Waals surface area contributed by atoms with E-state index in [0.29, 0.717) is 0 Å². The summed E-state index contributed by atoms with van der Waals surface area (Å²) in [6.07, 6.45) is 4.59. The van der Waals surface area contributed by atoms with Crippen molar-refractivity contribution in [3.63, 3.8) is 0 Å². The Morgan fingerprint density at radius 2 is 1.31 bits per heavy atom. The predicted octanol–water partition coefficient (Wildman–Crippen LogP) is 4.20. The molecule has 1 heterocycles. The molecule has 1 aromatic rings. The zero-order chi connectivity index (χ0) is 12.1. The second-order valence-electron chi connectivity index (χ2n) is 3.94. The summed E-state index contributed by atoms with van der Waals surface area (Å²) >= 11 is 14.4. The van der Waals surface area contributed by atoms with Gasteiger partial charge in [0.05, 0.1) is 0 Å². The molecular weight excluding hydrogens is 256 g/mol. The quantitative estimate of drug-likeness (QED) is 0.585. The Bertz CT molecular complexity index is 358. The van der Waals surface area contributed by atoms with Crippen molar-refractivity contribution in [3.05, 3.63) is 4.77 Å². The first-order chi connectivity index (χ1) is 7.63. The molecule has 0 amide bonds. The molecule has 5 heteroatoms. The van der Waals surface area contributed by atoms with Crippen LogP contribution in [0.5, 0.6) is 0 Å². The van der Waals surface area contributed by atoms with Crippen LogP contribution in [0, 0.1) is 4.77 Å². The smallest absolute Gasteiger partial charge is 0.181 e. The first kappa shape index (κ1) is 14.2. The summed E-state index contributed by atoms with van der Waals surface area (Å²) in [5.74, 6) is 0. The van der Waals surface area contributed by atoms with Crippen molar-refractivity contribution in [3.8, 4) is 0 Å². The number of hydrogen-bond donors (Lipinski definition) is 2. The van der Waals surface area contributed by atoms with Crippen LogP contribution in [0.1, 0.15) is 39.5 Å². The minimum Gasteiger partial charge on any atom is -0.311 e. The molecule has 0 aliphatic rings. The second kappa shape index (κ2) is 6.77. The Morgan fingerprint density at radius 1 is 0.938 bits per heavy atom. The number of aromatic nitrogens is 2. The molecule has 0 aliphatic heterocycles. The molecule has 92 valence electrons. The lowest BCUT2D eigenvalue weighted by molar-refractivity contribution is 0.562. The molecular formula is C11H20N2S3. The molecule has 0 radical (unpaired) electrons. The summed E-state index contributed by atoms with van der Waals surface area (Å²) < 4.78 is 5.02. The van der Waals surface area contributed by atoms with Crippen LogP contribution in [0.2, 0.25) is 0 Å². The number of hydrogen-bond acceptors (Lipinski definition) is 3. The third-order valence-electron chi connectivity index (χ3n) is 2.64. The highest BCUT2D eigenvalue weighted by molar-refractivity contribution is 7.83. The lowest BCUT2D eigenvalue weighted by atomic mass is 10.3. The summed E-state index contributed by atoms with van der Waals surface area (Å²) in [7, 11) is 0. The molecule has 1 rings (SSSR count). The largest absolute Gasteiger partial charge is 0.311 e. The zero-order valence-electron chi connectivity index (χ0n) is 9.94. The fourth-order valence-electron chi connectivity index (χ4n) is 1.60. The van der Waals surface area contributed by atoms with Crippen molar-refractivity contribution >= 4 is 37.5 Å². The highest BCUT2D eigenvalue weighted by atomic mass is 32.1. The average Bonchev–Trinajstić information content (AvgIpc) is 2.47. The van der Waals surface area contributed by atoms with E-state index in [9.17, 15) is 0 Å². The second-order valence-corrected chi connectivity index (χ2v) is 5.15. The van der Waals surface area contributed by atoms with Crippen molar-refractivity contribution in [2.24, 2.45) is 0 Å².